The summed E-state index contributed by atoms with van der Waals surface area (Å²) in [6.45, 7) is 10.2. The Morgan fingerprint density at radius 3 is 2.49 bits per heavy atom. The van der Waals surface area contributed by atoms with Gasteiger partial charge in [0, 0.05) is 10.9 Å². The van der Waals surface area contributed by atoms with Crippen LogP contribution in [0.2, 0.25) is 0 Å². The number of para-hydroxylation sites is 1. The van der Waals surface area contributed by atoms with Crippen molar-refractivity contribution in [3.8, 4) is 17.2 Å². The fourth-order valence-corrected chi connectivity index (χ4v) is 7.41. The van der Waals surface area contributed by atoms with Crippen molar-refractivity contribution in [2.24, 2.45) is 5.92 Å². The Kier molecular flexibility index (Phi) is 8.75. The number of sulfonamides is 1. The summed E-state index contributed by atoms with van der Waals surface area (Å²) < 4.78 is 41.2. The highest BCUT2D eigenvalue weighted by Gasteiger charge is 2.27. The molecule has 0 radical (unpaired) electrons. The molecule has 11 heteroatoms. The van der Waals surface area contributed by atoms with E-state index in [4.69, 9.17) is 19.9 Å². The number of aromatic nitrogens is 2. The molecule has 0 bridgehead atoms. The molecule has 3 heterocycles. The van der Waals surface area contributed by atoms with E-state index in [-0.39, 0.29) is 21.0 Å². The number of fused-ring (bicyclic) bond motifs is 2. The molecule has 3 aromatic heterocycles. The van der Waals surface area contributed by atoms with Crippen molar-refractivity contribution >= 4 is 54.3 Å². The molecule has 0 aliphatic heterocycles. The molecule has 226 valence electrons. The Labute approximate surface area is 255 Å². The zero-order valence-corrected chi connectivity index (χ0v) is 26.6. The zero-order valence-electron chi connectivity index (χ0n) is 24.9. The van der Waals surface area contributed by atoms with Crippen molar-refractivity contribution in [1.82, 2.24) is 14.7 Å². The number of carbonyl (C=O) groups is 1. The number of furan rings is 1. The van der Waals surface area contributed by atoms with Gasteiger partial charge < -0.3 is 14.9 Å². The second kappa shape index (κ2) is 12.3. The Hall–Kier alpha value is -3.96. The number of rotatable bonds is 11. The Morgan fingerprint density at radius 2 is 1.84 bits per heavy atom. The normalized spacial score (nSPS) is 12.7. The largest absolute Gasteiger partial charge is 0.490 e. The van der Waals surface area contributed by atoms with Crippen LogP contribution in [0.5, 0.6) is 5.75 Å². The molecule has 0 aliphatic rings. The number of amides is 1. The van der Waals surface area contributed by atoms with Gasteiger partial charge >= 0.3 is 0 Å². The average molecular weight is 621 g/mol. The van der Waals surface area contributed by atoms with Gasteiger partial charge in [-0.05, 0) is 63.3 Å². The van der Waals surface area contributed by atoms with E-state index in [2.05, 4.69) is 23.6 Å². The smallest absolute Gasteiger partial charge is 0.275 e. The number of nitrogen functional groups attached to an aromatic ring is 1. The third kappa shape index (κ3) is 6.09. The second-order valence-corrected chi connectivity index (χ2v) is 13.8. The predicted octanol–water partition coefficient (Wildman–Crippen LogP) is 7.41. The zero-order chi connectivity index (χ0) is 30.9. The topological polar surface area (TPSA) is 137 Å². The van der Waals surface area contributed by atoms with Crippen molar-refractivity contribution in [1.29, 1.82) is 0 Å². The Bertz CT molecular complexity index is 1910. The molecule has 5 aromatic rings. The van der Waals surface area contributed by atoms with E-state index < -0.39 is 15.9 Å². The number of anilines is 1. The highest BCUT2D eigenvalue weighted by Crippen LogP contribution is 2.38. The first-order valence-corrected chi connectivity index (χ1v) is 16.7. The van der Waals surface area contributed by atoms with Crippen LogP contribution >= 0.6 is 11.3 Å². The van der Waals surface area contributed by atoms with Gasteiger partial charge in [-0.1, -0.05) is 62.3 Å². The van der Waals surface area contributed by atoms with Gasteiger partial charge in [0.1, 0.15) is 17.0 Å². The van der Waals surface area contributed by atoms with Crippen molar-refractivity contribution < 1.29 is 22.4 Å². The van der Waals surface area contributed by atoms with Crippen LogP contribution in [0.15, 0.2) is 57.3 Å². The van der Waals surface area contributed by atoms with Crippen LogP contribution in [0.1, 0.15) is 67.9 Å². The lowest BCUT2D eigenvalue weighted by Gasteiger charge is -2.26. The number of carbonyl (C=O) groups excluding carboxylic acids is 1. The van der Waals surface area contributed by atoms with Crippen LogP contribution in [0, 0.1) is 19.8 Å². The minimum Gasteiger partial charge on any atom is -0.490 e. The average Bonchev–Trinajstić information content (AvgIpc) is 3.57. The lowest BCUT2D eigenvalue weighted by molar-refractivity contribution is 0.0982. The minimum absolute atomic E-state index is 0.0823. The van der Waals surface area contributed by atoms with Crippen LogP contribution < -0.4 is 15.2 Å². The molecule has 2 aromatic carbocycles. The minimum atomic E-state index is -4.24. The molecule has 3 N–H and O–H groups in total. The first-order valence-electron chi connectivity index (χ1n) is 14.4. The summed E-state index contributed by atoms with van der Waals surface area (Å²) in [6, 6.07) is 12.9. The standard InChI is InChI=1S/C32H36N4O5S2/c1-6-10-21(11-7-2)20(5)40-26-15-14-18(3)29-28(26)23(31(37)36-43(38,39)27-17-34-32(33)42-27)16-24(35-29)30-19(4)22-12-8-9-13-25(22)41-30/h8-9,12-17,20-21H,6-7,10-11H2,1-5H3,(H2,33,34)(H,36,37)/t20-/m1/s1. The highest BCUT2D eigenvalue weighted by molar-refractivity contribution is 7.92. The van der Waals surface area contributed by atoms with Crippen LogP contribution in [0.4, 0.5) is 5.13 Å². The molecule has 0 unspecified atom stereocenters. The SMILES string of the molecule is CCCC(CCC)[C@@H](C)Oc1ccc(C)c2nc(-c3oc4ccccc4c3C)cc(C(=O)NS(=O)(=O)c3cnc(N)s3)c12. The van der Waals surface area contributed by atoms with E-state index in [0.717, 1.165) is 59.7 Å². The van der Waals surface area contributed by atoms with Crippen LogP contribution in [0.25, 0.3) is 33.3 Å². The maximum absolute atomic E-state index is 13.9. The van der Waals surface area contributed by atoms with Crippen molar-refractivity contribution in [2.45, 2.75) is 70.6 Å². The monoisotopic (exact) mass is 620 g/mol. The molecular formula is C32H36N4O5S2. The number of pyridine rings is 1. The van der Waals surface area contributed by atoms with E-state index in [1.807, 2.05) is 57.2 Å². The lowest BCUT2D eigenvalue weighted by Crippen LogP contribution is -2.30. The molecule has 0 saturated heterocycles. The summed E-state index contributed by atoms with van der Waals surface area (Å²) >= 11 is 0.778. The summed E-state index contributed by atoms with van der Waals surface area (Å²) in [5.74, 6) is 0.470. The first-order chi connectivity index (χ1) is 20.5. The third-order valence-electron chi connectivity index (χ3n) is 7.73. The summed E-state index contributed by atoms with van der Waals surface area (Å²) in [5, 5.41) is 1.45. The fourth-order valence-electron chi connectivity index (χ4n) is 5.53. The summed E-state index contributed by atoms with van der Waals surface area (Å²) in [7, 11) is -4.24. The molecule has 0 fully saturated rings. The summed E-state index contributed by atoms with van der Waals surface area (Å²) in [5.41, 5.74) is 9.06. The Morgan fingerprint density at radius 1 is 1.12 bits per heavy atom. The van der Waals surface area contributed by atoms with Gasteiger partial charge in [0.15, 0.2) is 15.1 Å². The highest BCUT2D eigenvalue weighted by atomic mass is 32.2. The molecule has 43 heavy (non-hydrogen) atoms. The second-order valence-electron chi connectivity index (χ2n) is 10.8. The summed E-state index contributed by atoms with van der Waals surface area (Å²) in [6.07, 6.45) is 5.07. The van der Waals surface area contributed by atoms with Gasteiger partial charge in [-0.25, -0.2) is 23.1 Å². The number of aryl methyl sites for hydroxylation is 2. The van der Waals surface area contributed by atoms with E-state index >= 15 is 0 Å². The fraction of sp³-hybridized carbons (Fsp3) is 0.344. The number of nitrogens with zero attached hydrogens (tertiary/aromatic N) is 2. The molecule has 0 saturated carbocycles. The van der Waals surface area contributed by atoms with E-state index in [0.29, 0.717) is 39.6 Å². The van der Waals surface area contributed by atoms with Crippen molar-refractivity contribution in [3.05, 3.63) is 65.4 Å². The molecule has 9 nitrogen and oxygen atoms in total. The van der Waals surface area contributed by atoms with Crippen LogP contribution in [0.3, 0.4) is 0 Å². The quantitative estimate of drug-likeness (QED) is 0.156. The van der Waals surface area contributed by atoms with Crippen molar-refractivity contribution in [2.75, 3.05) is 5.73 Å². The summed E-state index contributed by atoms with van der Waals surface area (Å²) in [4.78, 5) is 22.7. The van der Waals surface area contributed by atoms with E-state index in [1.54, 1.807) is 6.07 Å². The number of benzene rings is 2. The third-order valence-corrected chi connectivity index (χ3v) is 10.4. The van der Waals surface area contributed by atoms with E-state index in [9.17, 15) is 13.2 Å². The van der Waals surface area contributed by atoms with Gasteiger partial charge in [-0.2, -0.15) is 0 Å². The van der Waals surface area contributed by atoms with Crippen LogP contribution in [-0.2, 0) is 10.0 Å². The maximum Gasteiger partial charge on any atom is 0.275 e. The number of nitrogens with two attached hydrogens (primary N) is 1. The van der Waals surface area contributed by atoms with Gasteiger partial charge in [0.2, 0.25) is 0 Å². The Balaban J connectivity index is 1.69. The number of hydrogen-bond donors (Lipinski definition) is 2. The predicted molar refractivity (Wildman–Crippen MR) is 171 cm³/mol. The van der Waals surface area contributed by atoms with E-state index in [1.165, 1.54) is 0 Å². The van der Waals surface area contributed by atoms with Gasteiger partial charge in [0.05, 0.1) is 28.8 Å². The lowest BCUT2D eigenvalue weighted by atomic mass is 9.93. The first kappa shape index (κ1) is 30.5. The van der Waals surface area contributed by atoms with Crippen LogP contribution in [-0.4, -0.2) is 30.4 Å². The maximum atomic E-state index is 13.9. The number of nitrogens with one attached hydrogen (secondary N) is 1. The number of hydrogen-bond acceptors (Lipinski definition) is 9. The molecule has 0 spiro atoms. The van der Waals surface area contributed by atoms with Gasteiger partial charge in [-0.3, -0.25) is 4.79 Å². The molecule has 1 amide bonds. The molecule has 1 atom stereocenters. The molecule has 0 aliphatic carbocycles. The molecule has 5 rings (SSSR count). The van der Waals surface area contributed by atoms with Gasteiger partial charge in [0.25, 0.3) is 15.9 Å². The number of thiazole rings is 1. The number of ether oxygens (including phenoxy) is 1. The van der Waals surface area contributed by atoms with Gasteiger partial charge in [-0.15, -0.1) is 0 Å². The van der Waals surface area contributed by atoms with Crippen molar-refractivity contribution in [3.63, 3.8) is 0 Å². The molecular weight excluding hydrogens is 585 g/mol.